The average Bonchev–Trinajstić information content (AvgIpc) is 2.76. The summed E-state index contributed by atoms with van der Waals surface area (Å²) in [6.45, 7) is 3.30. The summed E-state index contributed by atoms with van der Waals surface area (Å²) in [5.41, 5.74) is 4.05. The standard InChI is InChI=1S/C11H11F2N5O2/c1-11(2,14)9-5-17(16-15-9)10-7(13)3-6(12)4-8(10)18(19)20/h3-5H,14H2,1-2H3. The molecule has 0 unspecified atom stereocenters. The first-order valence-corrected chi connectivity index (χ1v) is 5.55. The molecular weight excluding hydrogens is 272 g/mol. The van der Waals surface area contributed by atoms with Gasteiger partial charge < -0.3 is 5.73 Å². The fourth-order valence-electron chi connectivity index (χ4n) is 1.59. The molecule has 106 valence electrons. The lowest BCUT2D eigenvalue weighted by Gasteiger charge is -2.13. The Balaban J connectivity index is 2.63. The Bertz CT molecular complexity index is 678. The van der Waals surface area contributed by atoms with Crippen LogP contribution in [0.3, 0.4) is 0 Å². The Morgan fingerprint density at radius 3 is 2.55 bits per heavy atom. The number of halogens is 2. The zero-order chi connectivity index (χ0) is 15.1. The maximum Gasteiger partial charge on any atom is 0.300 e. The van der Waals surface area contributed by atoms with Gasteiger partial charge in [-0.1, -0.05) is 5.21 Å². The van der Waals surface area contributed by atoms with Crippen LogP contribution in [0.15, 0.2) is 18.3 Å². The molecule has 0 saturated heterocycles. The Morgan fingerprint density at radius 1 is 1.40 bits per heavy atom. The normalized spacial score (nSPS) is 11.7. The van der Waals surface area contributed by atoms with Crippen molar-refractivity contribution >= 4 is 5.69 Å². The van der Waals surface area contributed by atoms with E-state index < -0.39 is 33.5 Å². The van der Waals surface area contributed by atoms with Crippen LogP contribution in [0.25, 0.3) is 5.69 Å². The Kier molecular flexibility index (Phi) is 3.22. The van der Waals surface area contributed by atoms with Gasteiger partial charge in [-0.15, -0.1) is 5.10 Å². The first-order valence-electron chi connectivity index (χ1n) is 5.55. The third-order valence-electron chi connectivity index (χ3n) is 2.59. The van der Waals surface area contributed by atoms with Gasteiger partial charge in [0.15, 0.2) is 11.5 Å². The summed E-state index contributed by atoms with van der Waals surface area (Å²) in [6.07, 6.45) is 1.27. The number of rotatable bonds is 3. The van der Waals surface area contributed by atoms with E-state index in [-0.39, 0.29) is 0 Å². The van der Waals surface area contributed by atoms with Crippen LogP contribution in [0.2, 0.25) is 0 Å². The summed E-state index contributed by atoms with van der Waals surface area (Å²) >= 11 is 0. The molecule has 1 aromatic heterocycles. The van der Waals surface area contributed by atoms with Crippen molar-refractivity contribution in [2.75, 3.05) is 0 Å². The first kappa shape index (κ1) is 14.0. The number of aromatic nitrogens is 3. The van der Waals surface area contributed by atoms with Crippen LogP contribution in [0, 0.1) is 21.7 Å². The number of nitrogens with zero attached hydrogens (tertiary/aromatic N) is 4. The Morgan fingerprint density at radius 2 is 2.05 bits per heavy atom. The summed E-state index contributed by atoms with van der Waals surface area (Å²) < 4.78 is 27.7. The molecule has 0 aliphatic rings. The molecule has 0 bridgehead atoms. The van der Waals surface area contributed by atoms with Crippen LogP contribution in [0.1, 0.15) is 19.5 Å². The molecule has 0 aliphatic heterocycles. The smallest absolute Gasteiger partial charge is 0.300 e. The highest BCUT2D eigenvalue weighted by Gasteiger charge is 2.25. The number of benzene rings is 1. The largest absolute Gasteiger partial charge is 0.320 e. The van der Waals surface area contributed by atoms with E-state index >= 15 is 0 Å². The second-order valence-electron chi connectivity index (χ2n) is 4.78. The molecule has 0 atom stereocenters. The summed E-state index contributed by atoms with van der Waals surface area (Å²) in [7, 11) is 0. The maximum atomic E-state index is 13.8. The van der Waals surface area contributed by atoms with Crippen LogP contribution in [0.4, 0.5) is 14.5 Å². The van der Waals surface area contributed by atoms with Crippen molar-refractivity contribution in [2.45, 2.75) is 19.4 Å². The van der Waals surface area contributed by atoms with Gasteiger partial charge >= 0.3 is 5.69 Å². The van der Waals surface area contributed by atoms with Crippen molar-refractivity contribution in [3.8, 4) is 5.69 Å². The Hall–Kier alpha value is -2.42. The molecule has 0 aliphatic carbocycles. The number of nitrogens with two attached hydrogens (primary N) is 1. The molecule has 0 saturated carbocycles. The molecule has 0 spiro atoms. The van der Waals surface area contributed by atoms with Crippen LogP contribution >= 0.6 is 0 Å². The van der Waals surface area contributed by atoms with Crippen LogP contribution in [0.5, 0.6) is 0 Å². The average molecular weight is 283 g/mol. The lowest BCUT2D eigenvalue weighted by atomic mass is 10.0. The van der Waals surface area contributed by atoms with E-state index in [1.807, 2.05) is 0 Å². The van der Waals surface area contributed by atoms with Crippen molar-refractivity contribution < 1.29 is 13.7 Å². The minimum atomic E-state index is -1.11. The topological polar surface area (TPSA) is 99.9 Å². The summed E-state index contributed by atoms with van der Waals surface area (Å²) in [5.74, 6) is -2.15. The zero-order valence-corrected chi connectivity index (χ0v) is 10.7. The van der Waals surface area contributed by atoms with Gasteiger partial charge in [-0.3, -0.25) is 10.1 Å². The highest BCUT2D eigenvalue weighted by atomic mass is 19.1. The van der Waals surface area contributed by atoms with Gasteiger partial charge in [0.1, 0.15) is 11.5 Å². The highest BCUT2D eigenvalue weighted by molar-refractivity contribution is 5.53. The monoisotopic (exact) mass is 283 g/mol. The van der Waals surface area contributed by atoms with E-state index in [9.17, 15) is 18.9 Å². The quantitative estimate of drug-likeness (QED) is 0.682. The van der Waals surface area contributed by atoms with E-state index in [1.54, 1.807) is 13.8 Å². The van der Waals surface area contributed by atoms with E-state index in [1.165, 1.54) is 6.20 Å². The first-order chi connectivity index (χ1) is 9.20. The highest BCUT2D eigenvalue weighted by Crippen LogP contribution is 2.27. The molecule has 0 amide bonds. The van der Waals surface area contributed by atoms with Crippen molar-refractivity contribution in [1.82, 2.24) is 15.0 Å². The molecule has 9 heteroatoms. The molecule has 2 rings (SSSR count). The number of hydrogen-bond donors (Lipinski definition) is 1. The summed E-state index contributed by atoms with van der Waals surface area (Å²) in [5, 5.41) is 18.2. The minimum Gasteiger partial charge on any atom is -0.320 e. The van der Waals surface area contributed by atoms with Gasteiger partial charge in [0, 0.05) is 6.07 Å². The van der Waals surface area contributed by atoms with Crippen molar-refractivity contribution in [2.24, 2.45) is 5.73 Å². The molecule has 7 nitrogen and oxygen atoms in total. The van der Waals surface area contributed by atoms with Gasteiger partial charge in [0.25, 0.3) is 0 Å². The maximum absolute atomic E-state index is 13.8. The fraction of sp³-hybridized carbons (Fsp3) is 0.273. The molecule has 2 aromatic rings. The predicted molar refractivity (Wildman–Crippen MR) is 65.1 cm³/mol. The van der Waals surface area contributed by atoms with Crippen LogP contribution < -0.4 is 5.73 Å². The van der Waals surface area contributed by atoms with Gasteiger partial charge in [-0.25, -0.2) is 13.5 Å². The van der Waals surface area contributed by atoms with E-state index in [4.69, 9.17) is 5.73 Å². The van der Waals surface area contributed by atoms with Gasteiger partial charge in [0.05, 0.1) is 22.7 Å². The number of hydrogen-bond acceptors (Lipinski definition) is 5. The van der Waals surface area contributed by atoms with E-state index in [0.717, 1.165) is 4.68 Å². The zero-order valence-electron chi connectivity index (χ0n) is 10.7. The van der Waals surface area contributed by atoms with Crippen LogP contribution in [-0.4, -0.2) is 19.9 Å². The molecule has 0 fully saturated rings. The molecule has 2 N–H and O–H groups in total. The number of nitro benzene ring substituents is 1. The molecule has 1 heterocycles. The van der Waals surface area contributed by atoms with Crippen molar-refractivity contribution in [3.05, 3.63) is 45.8 Å². The predicted octanol–water partition coefficient (Wildman–Crippen LogP) is 1.65. The third-order valence-corrected chi connectivity index (χ3v) is 2.59. The molecular formula is C11H11F2N5O2. The second kappa shape index (κ2) is 4.60. The minimum absolute atomic E-state index is 0.315. The van der Waals surface area contributed by atoms with Gasteiger partial charge in [-0.2, -0.15) is 0 Å². The van der Waals surface area contributed by atoms with Crippen molar-refractivity contribution in [3.63, 3.8) is 0 Å². The SMILES string of the molecule is CC(C)(N)c1cn(-c2c(F)cc(F)cc2[N+](=O)[O-])nn1. The molecule has 0 radical (unpaired) electrons. The lowest BCUT2D eigenvalue weighted by Crippen LogP contribution is -2.29. The molecule has 1 aromatic carbocycles. The summed E-state index contributed by atoms with van der Waals surface area (Å²) in [4.78, 5) is 10.00. The van der Waals surface area contributed by atoms with E-state index in [0.29, 0.717) is 17.8 Å². The molecule has 20 heavy (non-hydrogen) atoms. The fourth-order valence-corrected chi connectivity index (χ4v) is 1.59. The summed E-state index contributed by atoms with van der Waals surface area (Å²) in [6, 6.07) is 1.16. The second-order valence-corrected chi connectivity index (χ2v) is 4.78. The lowest BCUT2D eigenvalue weighted by molar-refractivity contribution is -0.385. The van der Waals surface area contributed by atoms with E-state index in [2.05, 4.69) is 10.3 Å². The van der Waals surface area contributed by atoms with Gasteiger partial charge in [0.2, 0.25) is 0 Å². The van der Waals surface area contributed by atoms with Gasteiger partial charge in [-0.05, 0) is 13.8 Å². The Labute approximate surface area is 112 Å². The number of nitro groups is 1. The van der Waals surface area contributed by atoms with Crippen LogP contribution in [-0.2, 0) is 5.54 Å². The van der Waals surface area contributed by atoms with Crippen molar-refractivity contribution in [1.29, 1.82) is 0 Å². The third kappa shape index (κ3) is 2.48.